The molecule has 0 amide bonds. The standard InChI is InChI=1S/C19H18N4O3S.BrH/c24-23(25)17-8-6-15(7-9-17)18-14-27-19(20-16-4-2-1-3-5-16)22(18)21-10-12-26-13-11-21;/h1-9,14H,10-13H2;1H. The SMILES string of the molecule is Br.O=[N+]([O-])c1ccc(-c2csc(=Nc3ccccc3)n2N2CCOCC2)cc1. The second kappa shape index (κ2) is 9.13. The number of benzene rings is 2. The predicted octanol–water partition coefficient (Wildman–Crippen LogP) is 3.90. The van der Waals surface area contributed by atoms with Gasteiger partial charge in [-0.05, 0) is 24.3 Å². The van der Waals surface area contributed by atoms with E-state index in [0.717, 1.165) is 34.8 Å². The van der Waals surface area contributed by atoms with Gasteiger partial charge in [-0.25, -0.2) is 9.67 Å². The lowest BCUT2D eigenvalue weighted by molar-refractivity contribution is -0.384. The minimum Gasteiger partial charge on any atom is -0.378 e. The molecule has 28 heavy (non-hydrogen) atoms. The van der Waals surface area contributed by atoms with Crippen LogP contribution >= 0.6 is 28.3 Å². The van der Waals surface area contributed by atoms with Gasteiger partial charge in [-0.1, -0.05) is 18.2 Å². The highest BCUT2D eigenvalue weighted by Gasteiger charge is 2.18. The fourth-order valence-corrected chi connectivity index (χ4v) is 3.89. The third kappa shape index (κ3) is 4.32. The second-order valence-corrected chi connectivity index (χ2v) is 6.87. The molecular formula is C19H19BrN4O3S. The maximum atomic E-state index is 10.9. The van der Waals surface area contributed by atoms with Gasteiger partial charge < -0.3 is 9.75 Å². The number of morpholine rings is 1. The summed E-state index contributed by atoms with van der Waals surface area (Å²) < 4.78 is 7.58. The topological polar surface area (TPSA) is 72.9 Å². The zero-order valence-corrected chi connectivity index (χ0v) is 17.5. The number of rotatable bonds is 4. The van der Waals surface area contributed by atoms with Gasteiger partial charge in [0.1, 0.15) is 0 Å². The van der Waals surface area contributed by atoms with Gasteiger partial charge in [-0.2, -0.15) is 0 Å². The fraction of sp³-hybridized carbons (Fsp3) is 0.211. The first-order valence-corrected chi connectivity index (χ1v) is 9.48. The Hall–Kier alpha value is -2.49. The van der Waals surface area contributed by atoms with Crippen molar-refractivity contribution in [2.45, 2.75) is 0 Å². The van der Waals surface area contributed by atoms with Gasteiger partial charge >= 0.3 is 0 Å². The van der Waals surface area contributed by atoms with E-state index in [1.54, 1.807) is 23.5 Å². The molecule has 0 bridgehead atoms. The molecule has 146 valence electrons. The quantitative estimate of drug-likeness (QED) is 0.435. The molecule has 1 saturated heterocycles. The van der Waals surface area contributed by atoms with Crippen LogP contribution in [0.15, 0.2) is 65.0 Å². The molecule has 3 aromatic rings. The largest absolute Gasteiger partial charge is 0.378 e. The van der Waals surface area contributed by atoms with Crippen LogP contribution in [0.5, 0.6) is 0 Å². The number of aromatic nitrogens is 1. The minimum absolute atomic E-state index is 0. The number of non-ortho nitro benzene ring substituents is 1. The van der Waals surface area contributed by atoms with Crippen molar-refractivity contribution in [1.29, 1.82) is 0 Å². The van der Waals surface area contributed by atoms with E-state index in [4.69, 9.17) is 9.73 Å². The molecule has 9 heteroatoms. The third-order valence-electron chi connectivity index (χ3n) is 4.31. The normalized spacial score (nSPS) is 14.6. The lowest BCUT2D eigenvalue weighted by Crippen LogP contribution is -2.48. The second-order valence-electron chi connectivity index (χ2n) is 6.03. The molecule has 1 fully saturated rings. The van der Waals surface area contributed by atoms with Crippen molar-refractivity contribution in [3.63, 3.8) is 0 Å². The summed E-state index contributed by atoms with van der Waals surface area (Å²) in [5.74, 6) is 0. The molecule has 2 heterocycles. The summed E-state index contributed by atoms with van der Waals surface area (Å²) in [6.45, 7) is 2.85. The Morgan fingerprint density at radius 2 is 1.71 bits per heavy atom. The maximum Gasteiger partial charge on any atom is 0.269 e. The summed E-state index contributed by atoms with van der Waals surface area (Å²) in [5.41, 5.74) is 2.85. The number of nitro groups is 1. The Bertz CT molecular complexity index is 996. The van der Waals surface area contributed by atoms with Crippen LogP contribution in [-0.4, -0.2) is 35.9 Å². The van der Waals surface area contributed by atoms with E-state index in [0.29, 0.717) is 13.2 Å². The summed E-state index contributed by atoms with van der Waals surface area (Å²) in [6.07, 6.45) is 0. The van der Waals surface area contributed by atoms with Crippen LogP contribution < -0.4 is 9.81 Å². The first kappa shape index (κ1) is 20.2. The van der Waals surface area contributed by atoms with Crippen LogP contribution in [0.25, 0.3) is 11.3 Å². The highest BCUT2D eigenvalue weighted by atomic mass is 79.9. The predicted molar refractivity (Wildman–Crippen MR) is 115 cm³/mol. The Balaban J connectivity index is 0.00000225. The van der Waals surface area contributed by atoms with Crippen LogP contribution in [0.1, 0.15) is 0 Å². The van der Waals surface area contributed by atoms with Crippen LogP contribution in [-0.2, 0) is 4.74 Å². The number of hydrogen-bond donors (Lipinski definition) is 0. The van der Waals surface area contributed by atoms with Crippen LogP contribution in [0.2, 0.25) is 0 Å². The highest BCUT2D eigenvalue weighted by molar-refractivity contribution is 8.93. The Morgan fingerprint density at radius 1 is 1.04 bits per heavy atom. The smallest absolute Gasteiger partial charge is 0.269 e. The van der Waals surface area contributed by atoms with Crippen molar-refractivity contribution < 1.29 is 9.66 Å². The molecule has 0 N–H and O–H groups in total. The highest BCUT2D eigenvalue weighted by Crippen LogP contribution is 2.24. The summed E-state index contributed by atoms with van der Waals surface area (Å²) in [4.78, 5) is 16.2. The van der Waals surface area contributed by atoms with Gasteiger partial charge in [-0.15, -0.1) is 28.3 Å². The minimum atomic E-state index is -0.385. The average molecular weight is 463 g/mol. The van der Waals surface area contributed by atoms with Crippen LogP contribution in [0.4, 0.5) is 11.4 Å². The van der Waals surface area contributed by atoms with Gasteiger partial charge in [0.25, 0.3) is 5.69 Å². The lowest BCUT2D eigenvalue weighted by Gasteiger charge is -2.31. The molecule has 0 radical (unpaired) electrons. The maximum absolute atomic E-state index is 10.9. The number of halogens is 1. The van der Waals surface area contributed by atoms with Crippen LogP contribution in [0, 0.1) is 10.1 Å². The molecule has 0 atom stereocenters. The van der Waals surface area contributed by atoms with Gasteiger partial charge in [0.15, 0.2) is 0 Å². The number of para-hydroxylation sites is 1. The molecule has 1 aliphatic rings. The molecule has 7 nitrogen and oxygen atoms in total. The summed E-state index contributed by atoms with van der Waals surface area (Å²) in [6, 6.07) is 16.4. The fourth-order valence-electron chi connectivity index (χ4n) is 2.97. The van der Waals surface area contributed by atoms with Crippen molar-refractivity contribution in [3.05, 3.63) is 74.9 Å². The van der Waals surface area contributed by atoms with Gasteiger partial charge in [0.05, 0.1) is 42.6 Å². The first-order valence-electron chi connectivity index (χ1n) is 8.60. The molecule has 1 aromatic heterocycles. The number of hydrogen-bond acceptors (Lipinski definition) is 6. The van der Waals surface area contributed by atoms with Gasteiger partial charge in [0.2, 0.25) is 4.80 Å². The monoisotopic (exact) mass is 462 g/mol. The zero-order valence-electron chi connectivity index (χ0n) is 14.9. The number of nitrogens with zero attached hydrogens (tertiary/aromatic N) is 4. The number of thiazole rings is 1. The Morgan fingerprint density at radius 3 is 2.36 bits per heavy atom. The van der Waals surface area contributed by atoms with Gasteiger partial charge in [0, 0.05) is 23.1 Å². The van der Waals surface area contributed by atoms with E-state index in [-0.39, 0.29) is 27.6 Å². The van der Waals surface area contributed by atoms with E-state index >= 15 is 0 Å². The van der Waals surface area contributed by atoms with Gasteiger partial charge in [-0.3, -0.25) is 10.1 Å². The molecule has 0 aliphatic carbocycles. The number of nitro benzene ring substituents is 1. The van der Waals surface area contributed by atoms with E-state index in [1.807, 2.05) is 35.7 Å². The van der Waals surface area contributed by atoms with Crippen LogP contribution in [0.3, 0.4) is 0 Å². The van der Waals surface area contributed by atoms with E-state index in [1.165, 1.54) is 12.1 Å². The number of ether oxygens (including phenoxy) is 1. The van der Waals surface area contributed by atoms with E-state index in [9.17, 15) is 10.1 Å². The summed E-state index contributed by atoms with van der Waals surface area (Å²) in [5, 5.41) is 15.2. The van der Waals surface area contributed by atoms with Crippen molar-refractivity contribution in [2.24, 2.45) is 4.99 Å². The van der Waals surface area contributed by atoms with E-state index in [2.05, 4.69) is 9.69 Å². The molecule has 0 unspecified atom stereocenters. The zero-order chi connectivity index (χ0) is 18.6. The molecule has 0 spiro atoms. The molecular weight excluding hydrogens is 444 g/mol. The first-order chi connectivity index (χ1) is 13.2. The molecule has 0 saturated carbocycles. The molecule has 2 aromatic carbocycles. The van der Waals surface area contributed by atoms with Crippen molar-refractivity contribution >= 4 is 39.7 Å². The molecule has 1 aliphatic heterocycles. The van der Waals surface area contributed by atoms with Crippen molar-refractivity contribution in [3.8, 4) is 11.3 Å². The van der Waals surface area contributed by atoms with Crippen molar-refractivity contribution in [1.82, 2.24) is 4.68 Å². The average Bonchev–Trinajstić information content (AvgIpc) is 3.13. The summed E-state index contributed by atoms with van der Waals surface area (Å²) in [7, 11) is 0. The Kier molecular flexibility index (Phi) is 6.61. The Labute approximate surface area is 176 Å². The summed E-state index contributed by atoms with van der Waals surface area (Å²) >= 11 is 1.55. The van der Waals surface area contributed by atoms with E-state index < -0.39 is 0 Å². The molecule has 4 rings (SSSR count). The third-order valence-corrected chi connectivity index (χ3v) is 5.13. The lowest BCUT2D eigenvalue weighted by atomic mass is 10.1. The van der Waals surface area contributed by atoms with Crippen molar-refractivity contribution in [2.75, 3.05) is 31.3 Å².